The summed E-state index contributed by atoms with van der Waals surface area (Å²) in [4.78, 5) is 12.0. The van der Waals surface area contributed by atoms with Gasteiger partial charge in [0.15, 0.2) is 17.7 Å². The Hall–Kier alpha value is -1.48. The number of aliphatic hydroxyl groups is 2. The van der Waals surface area contributed by atoms with Crippen molar-refractivity contribution in [2.45, 2.75) is 24.5 Å². The van der Waals surface area contributed by atoms with Crippen molar-refractivity contribution in [2.24, 2.45) is 0 Å². The number of ether oxygens (including phenoxy) is 1. The summed E-state index contributed by atoms with van der Waals surface area (Å²) in [5.41, 5.74) is 6.53. The summed E-state index contributed by atoms with van der Waals surface area (Å²) < 4.78 is 7.03. The van der Waals surface area contributed by atoms with Crippen LogP contribution in [-0.4, -0.2) is 53.9 Å². The average molecular weight is 286 g/mol. The Balaban J connectivity index is 2.04. The molecular weight excluding hydrogens is 274 g/mol. The fourth-order valence-corrected chi connectivity index (χ4v) is 2.40. The number of alkyl halides is 1. The number of fused-ring (bicyclic) bond motifs is 1. The fourth-order valence-electron chi connectivity index (χ4n) is 2.14. The van der Waals surface area contributed by atoms with Crippen molar-refractivity contribution < 1.29 is 14.9 Å². The highest BCUT2D eigenvalue weighted by molar-refractivity contribution is 6.18. The van der Waals surface area contributed by atoms with Crippen LogP contribution >= 0.6 is 11.6 Å². The maximum Gasteiger partial charge on any atom is 0.167 e. The first-order chi connectivity index (χ1) is 9.13. The van der Waals surface area contributed by atoms with Crippen molar-refractivity contribution in [2.75, 3.05) is 11.6 Å². The maximum atomic E-state index is 10.0. The average Bonchev–Trinajstić information content (AvgIpc) is 2.94. The van der Waals surface area contributed by atoms with Crippen molar-refractivity contribution >= 4 is 28.6 Å². The van der Waals surface area contributed by atoms with Crippen LogP contribution in [-0.2, 0) is 4.74 Å². The van der Waals surface area contributed by atoms with Crippen molar-refractivity contribution in [3.05, 3.63) is 12.7 Å². The first-order valence-electron chi connectivity index (χ1n) is 5.64. The van der Waals surface area contributed by atoms with Crippen LogP contribution in [0.5, 0.6) is 0 Å². The molecule has 3 rings (SSSR count). The van der Waals surface area contributed by atoms with Gasteiger partial charge in [-0.25, -0.2) is 15.0 Å². The molecule has 102 valence electrons. The molecule has 0 bridgehead atoms. The molecule has 2 aromatic heterocycles. The SMILES string of the molecule is Nc1ncnc2c1ncn2[C@H]1O[C@@H](CCl)[C@H](O)[C@@H]1O. The van der Waals surface area contributed by atoms with E-state index in [0.717, 1.165) is 0 Å². The van der Waals surface area contributed by atoms with Crippen molar-refractivity contribution in [3.8, 4) is 0 Å². The topological polar surface area (TPSA) is 119 Å². The number of hydrogen-bond acceptors (Lipinski definition) is 7. The second kappa shape index (κ2) is 4.57. The van der Waals surface area contributed by atoms with Gasteiger partial charge in [0.05, 0.1) is 12.2 Å². The normalized spacial score (nSPS) is 31.1. The van der Waals surface area contributed by atoms with Crippen molar-refractivity contribution in [1.82, 2.24) is 19.5 Å². The number of aliphatic hydroxyl groups excluding tert-OH is 2. The second-order valence-corrected chi connectivity index (χ2v) is 4.59. The second-order valence-electron chi connectivity index (χ2n) is 4.28. The van der Waals surface area contributed by atoms with Crippen LogP contribution in [0.25, 0.3) is 11.2 Å². The van der Waals surface area contributed by atoms with Gasteiger partial charge in [0, 0.05) is 0 Å². The van der Waals surface area contributed by atoms with Crippen molar-refractivity contribution in [3.63, 3.8) is 0 Å². The van der Waals surface area contributed by atoms with Crippen LogP contribution in [0.4, 0.5) is 5.82 Å². The molecule has 0 radical (unpaired) electrons. The molecule has 0 aliphatic carbocycles. The highest BCUT2D eigenvalue weighted by Gasteiger charge is 2.43. The van der Waals surface area contributed by atoms with Gasteiger partial charge in [-0.15, -0.1) is 11.6 Å². The lowest BCUT2D eigenvalue weighted by molar-refractivity contribution is -0.0291. The molecule has 1 saturated heterocycles. The van der Waals surface area contributed by atoms with Gasteiger partial charge in [0.2, 0.25) is 0 Å². The molecule has 0 unspecified atom stereocenters. The standard InChI is InChI=1S/C10H12ClN5O3/c11-1-4-6(17)7(18)10(19-4)16-3-15-5-8(12)13-2-14-9(5)16/h2-4,6-7,10,17-18H,1H2,(H2,12,13,14)/t4-,6-,7-,10-/m0/s1. The molecule has 2 aromatic rings. The lowest BCUT2D eigenvalue weighted by atomic mass is 10.1. The zero-order valence-corrected chi connectivity index (χ0v) is 10.5. The van der Waals surface area contributed by atoms with Gasteiger partial charge in [0.25, 0.3) is 0 Å². The number of nitrogen functional groups attached to an aromatic ring is 1. The zero-order valence-electron chi connectivity index (χ0n) is 9.72. The number of nitrogens with two attached hydrogens (primary N) is 1. The van der Waals surface area contributed by atoms with Crippen LogP contribution in [0.3, 0.4) is 0 Å². The first kappa shape index (κ1) is 12.5. The minimum Gasteiger partial charge on any atom is -0.387 e. The van der Waals surface area contributed by atoms with Gasteiger partial charge in [-0.05, 0) is 0 Å². The predicted molar refractivity (Wildman–Crippen MR) is 66.4 cm³/mol. The molecular formula is C10H12ClN5O3. The molecule has 4 atom stereocenters. The Bertz CT molecular complexity index is 606. The Morgan fingerprint density at radius 1 is 1.32 bits per heavy atom. The van der Waals surface area contributed by atoms with Crippen LogP contribution in [0, 0.1) is 0 Å². The lowest BCUT2D eigenvalue weighted by Crippen LogP contribution is -2.32. The summed E-state index contributed by atoms with van der Waals surface area (Å²) in [5.74, 6) is 0.323. The monoisotopic (exact) mass is 285 g/mol. The highest BCUT2D eigenvalue weighted by Crippen LogP contribution is 2.32. The summed E-state index contributed by atoms with van der Waals surface area (Å²) in [6.45, 7) is 0. The summed E-state index contributed by atoms with van der Waals surface area (Å²) in [6, 6.07) is 0. The fraction of sp³-hybridized carbons (Fsp3) is 0.500. The number of halogens is 1. The number of nitrogens with zero attached hydrogens (tertiary/aromatic N) is 4. The molecule has 9 heteroatoms. The molecule has 3 heterocycles. The van der Waals surface area contributed by atoms with Crippen LogP contribution in [0.15, 0.2) is 12.7 Å². The summed E-state index contributed by atoms with van der Waals surface area (Å²) in [7, 11) is 0. The summed E-state index contributed by atoms with van der Waals surface area (Å²) in [5, 5.41) is 19.8. The molecule has 1 aliphatic heterocycles. The quantitative estimate of drug-likeness (QED) is 0.622. The summed E-state index contributed by atoms with van der Waals surface area (Å²) >= 11 is 5.67. The van der Waals surface area contributed by atoms with E-state index in [9.17, 15) is 10.2 Å². The number of aromatic nitrogens is 4. The third kappa shape index (κ3) is 1.84. The Morgan fingerprint density at radius 2 is 2.11 bits per heavy atom. The van der Waals surface area contributed by atoms with E-state index in [0.29, 0.717) is 11.2 Å². The van der Waals surface area contributed by atoms with Gasteiger partial charge in [0.1, 0.15) is 30.2 Å². The van der Waals surface area contributed by atoms with E-state index in [1.807, 2.05) is 0 Å². The van der Waals surface area contributed by atoms with Crippen LogP contribution in [0.1, 0.15) is 6.23 Å². The predicted octanol–water partition coefficient (Wildman–Crippen LogP) is -0.734. The third-order valence-corrected chi connectivity index (χ3v) is 3.45. The maximum absolute atomic E-state index is 10.0. The Morgan fingerprint density at radius 3 is 2.79 bits per heavy atom. The van der Waals surface area contributed by atoms with E-state index in [1.165, 1.54) is 17.2 Å². The van der Waals surface area contributed by atoms with Gasteiger partial charge in [-0.1, -0.05) is 0 Å². The van der Waals surface area contributed by atoms with Gasteiger partial charge >= 0.3 is 0 Å². The lowest BCUT2D eigenvalue weighted by Gasteiger charge is -2.16. The smallest absolute Gasteiger partial charge is 0.167 e. The number of imidazole rings is 1. The molecule has 1 fully saturated rings. The van der Waals surface area contributed by atoms with Crippen LogP contribution < -0.4 is 5.73 Å². The summed E-state index contributed by atoms with van der Waals surface area (Å²) in [6.07, 6.45) is -0.882. The molecule has 4 N–H and O–H groups in total. The van der Waals surface area contributed by atoms with Gasteiger partial charge in [-0.3, -0.25) is 4.57 Å². The third-order valence-electron chi connectivity index (χ3n) is 3.15. The largest absolute Gasteiger partial charge is 0.387 e. The van der Waals surface area contributed by atoms with Gasteiger partial charge in [-0.2, -0.15) is 0 Å². The first-order valence-corrected chi connectivity index (χ1v) is 6.17. The van der Waals surface area contributed by atoms with E-state index >= 15 is 0 Å². The molecule has 1 aliphatic rings. The molecule has 0 amide bonds. The number of rotatable bonds is 2. The molecule has 19 heavy (non-hydrogen) atoms. The molecule has 0 spiro atoms. The number of hydrogen-bond donors (Lipinski definition) is 3. The Labute approximate surface area is 112 Å². The van der Waals surface area contributed by atoms with Crippen LogP contribution in [0.2, 0.25) is 0 Å². The van der Waals surface area contributed by atoms with E-state index in [4.69, 9.17) is 22.1 Å². The van der Waals surface area contributed by atoms with E-state index in [2.05, 4.69) is 15.0 Å². The van der Waals surface area contributed by atoms with E-state index < -0.39 is 24.5 Å². The van der Waals surface area contributed by atoms with E-state index in [1.54, 1.807) is 0 Å². The van der Waals surface area contributed by atoms with E-state index in [-0.39, 0.29) is 11.7 Å². The van der Waals surface area contributed by atoms with Crippen molar-refractivity contribution in [1.29, 1.82) is 0 Å². The highest BCUT2D eigenvalue weighted by atomic mass is 35.5. The molecule has 0 saturated carbocycles. The minimum atomic E-state index is -1.11. The minimum absolute atomic E-state index is 0.0818. The Kier molecular flexibility index (Phi) is 3.02. The molecule has 8 nitrogen and oxygen atoms in total. The van der Waals surface area contributed by atoms with Gasteiger partial charge < -0.3 is 20.7 Å². The molecule has 0 aromatic carbocycles. The zero-order chi connectivity index (χ0) is 13.6. The number of anilines is 1.